The van der Waals surface area contributed by atoms with Crippen molar-refractivity contribution in [3.63, 3.8) is 0 Å². The van der Waals surface area contributed by atoms with Crippen molar-refractivity contribution in [3.8, 4) is 0 Å². The SMILES string of the molecule is COC(OC)C(C)NC(=O)C1(C)CCNC1. The van der Waals surface area contributed by atoms with Crippen LogP contribution in [0.5, 0.6) is 0 Å². The molecule has 1 heterocycles. The molecule has 0 aliphatic carbocycles. The van der Waals surface area contributed by atoms with Crippen LogP contribution in [0.25, 0.3) is 0 Å². The van der Waals surface area contributed by atoms with E-state index in [2.05, 4.69) is 10.6 Å². The molecule has 5 heteroatoms. The number of amides is 1. The molecular weight excluding hydrogens is 208 g/mol. The molecule has 1 aliphatic rings. The number of carbonyl (C=O) groups excluding carboxylic acids is 1. The molecule has 94 valence electrons. The summed E-state index contributed by atoms with van der Waals surface area (Å²) in [7, 11) is 3.13. The molecule has 2 atom stereocenters. The number of methoxy groups -OCH3 is 2. The first-order chi connectivity index (χ1) is 7.53. The predicted molar refractivity (Wildman–Crippen MR) is 61.0 cm³/mol. The van der Waals surface area contributed by atoms with Crippen LogP contribution in [0.1, 0.15) is 20.3 Å². The van der Waals surface area contributed by atoms with Crippen molar-refractivity contribution in [1.29, 1.82) is 0 Å². The van der Waals surface area contributed by atoms with Crippen LogP contribution in [0.4, 0.5) is 0 Å². The van der Waals surface area contributed by atoms with E-state index in [4.69, 9.17) is 9.47 Å². The smallest absolute Gasteiger partial charge is 0.227 e. The highest BCUT2D eigenvalue weighted by molar-refractivity contribution is 5.83. The van der Waals surface area contributed by atoms with Gasteiger partial charge in [0.15, 0.2) is 6.29 Å². The Kier molecular flexibility index (Phi) is 4.70. The largest absolute Gasteiger partial charge is 0.354 e. The summed E-state index contributed by atoms with van der Waals surface area (Å²) < 4.78 is 10.2. The zero-order chi connectivity index (χ0) is 12.2. The molecule has 0 aromatic rings. The molecule has 1 fully saturated rings. The standard InChI is InChI=1S/C11H22N2O3/c1-8(9(15-3)16-4)13-10(14)11(2)5-6-12-7-11/h8-9,12H,5-7H2,1-4H3,(H,13,14). The Bertz CT molecular complexity index is 235. The summed E-state index contributed by atoms with van der Waals surface area (Å²) in [5.41, 5.74) is -0.305. The summed E-state index contributed by atoms with van der Waals surface area (Å²) in [6.07, 6.45) is 0.470. The molecule has 1 saturated heterocycles. The fourth-order valence-corrected chi connectivity index (χ4v) is 1.96. The van der Waals surface area contributed by atoms with Gasteiger partial charge in [-0.1, -0.05) is 0 Å². The van der Waals surface area contributed by atoms with Gasteiger partial charge < -0.3 is 20.1 Å². The first kappa shape index (κ1) is 13.4. The molecule has 0 spiro atoms. The Morgan fingerprint density at radius 2 is 2.06 bits per heavy atom. The normalized spacial score (nSPS) is 27.1. The minimum absolute atomic E-state index is 0.0594. The average Bonchev–Trinajstić information content (AvgIpc) is 2.68. The van der Waals surface area contributed by atoms with E-state index in [1.165, 1.54) is 0 Å². The Balaban J connectivity index is 2.50. The number of hydrogen-bond acceptors (Lipinski definition) is 4. The second-order valence-electron chi connectivity index (χ2n) is 4.59. The quantitative estimate of drug-likeness (QED) is 0.658. The third-order valence-electron chi connectivity index (χ3n) is 3.15. The van der Waals surface area contributed by atoms with Crippen LogP contribution < -0.4 is 10.6 Å². The van der Waals surface area contributed by atoms with Crippen molar-refractivity contribution in [2.75, 3.05) is 27.3 Å². The van der Waals surface area contributed by atoms with E-state index in [0.29, 0.717) is 0 Å². The van der Waals surface area contributed by atoms with Crippen LogP contribution in [0.3, 0.4) is 0 Å². The van der Waals surface area contributed by atoms with Crippen LogP contribution in [0, 0.1) is 5.41 Å². The molecule has 2 unspecified atom stereocenters. The van der Waals surface area contributed by atoms with E-state index in [-0.39, 0.29) is 17.4 Å². The molecule has 0 aromatic heterocycles. The van der Waals surface area contributed by atoms with E-state index in [9.17, 15) is 4.79 Å². The molecule has 0 bridgehead atoms. The number of nitrogens with one attached hydrogen (secondary N) is 2. The zero-order valence-electron chi connectivity index (χ0n) is 10.5. The van der Waals surface area contributed by atoms with E-state index in [0.717, 1.165) is 19.5 Å². The van der Waals surface area contributed by atoms with Crippen molar-refractivity contribution in [2.45, 2.75) is 32.6 Å². The Labute approximate surface area is 96.9 Å². The second-order valence-corrected chi connectivity index (χ2v) is 4.59. The van der Waals surface area contributed by atoms with Crippen molar-refractivity contribution in [1.82, 2.24) is 10.6 Å². The van der Waals surface area contributed by atoms with Gasteiger partial charge in [0.25, 0.3) is 0 Å². The predicted octanol–water partition coefficient (Wildman–Crippen LogP) is 0.110. The molecule has 16 heavy (non-hydrogen) atoms. The highest BCUT2D eigenvalue weighted by Crippen LogP contribution is 2.24. The number of rotatable bonds is 5. The fraction of sp³-hybridized carbons (Fsp3) is 0.909. The van der Waals surface area contributed by atoms with Crippen molar-refractivity contribution in [3.05, 3.63) is 0 Å². The van der Waals surface area contributed by atoms with Crippen molar-refractivity contribution in [2.24, 2.45) is 5.41 Å². The first-order valence-electron chi connectivity index (χ1n) is 5.61. The van der Waals surface area contributed by atoms with Crippen molar-refractivity contribution >= 4 is 5.91 Å². The maximum Gasteiger partial charge on any atom is 0.227 e. The van der Waals surface area contributed by atoms with Gasteiger partial charge in [-0.15, -0.1) is 0 Å². The summed E-state index contributed by atoms with van der Waals surface area (Å²) in [5.74, 6) is 0.0594. The summed E-state index contributed by atoms with van der Waals surface area (Å²) in [5, 5.41) is 6.14. The lowest BCUT2D eigenvalue weighted by atomic mass is 9.88. The number of hydrogen-bond donors (Lipinski definition) is 2. The van der Waals surface area contributed by atoms with E-state index < -0.39 is 6.29 Å². The van der Waals surface area contributed by atoms with Gasteiger partial charge in [-0.25, -0.2) is 0 Å². The first-order valence-corrected chi connectivity index (χ1v) is 5.61. The van der Waals surface area contributed by atoms with Crippen LogP contribution in [0.15, 0.2) is 0 Å². The van der Waals surface area contributed by atoms with Crippen LogP contribution in [-0.4, -0.2) is 45.5 Å². The highest BCUT2D eigenvalue weighted by atomic mass is 16.7. The van der Waals surface area contributed by atoms with Crippen LogP contribution >= 0.6 is 0 Å². The molecule has 1 amide bonds. The summed E-state index contributed by atoms with van der Waals surface area (Å²) in [6, 6.07) is -0.153. The molecule has 0 aromatic carbocycles. The number of carbonyl (C=O) groups is 1. The Morgan fingerprint density at radius 3 is 2.50 bits per heavy atom. The van der Waals surface area contributed by atoms with Gasteiger partial charge in [0.1, 0.15) is 0 Å². The van der Waals surface area contributed by atoms with Crippen molar-refractivity contribution < 1.29 is 14.3 Å². The summed E-state index contributed by atoms with van der Waals surface area (Å²) in [6.45, 7) is 5.48. The van der Waals surface area contributed by atoms with Crippen LogP contribution in [-0.2, 0) is 14.3 Å². The van der Waals surface area contributed by atoms with Crippen LogP contribution in [0.2, 0.25) is 0 Å². The lowest BCUT2D eigenvalue weighted by Crippen LogP contribution is -2.49. The maximum atomic E-state index is 12.1. The molecule has 2 N–H and O–H groups in total. The van der Waals surface area contributed by atoms with Gasteiger partial charge in [0.2, 0.25) is 5.91 Å². The maximum absolute atomic E-state index is 12.1. The lowest BCUT2D eigenvalue weighted by Gasteiger charge is -2.27. The second kappa shape index (κ2) is 5.61. The van der Waals surface area contributed by atoms with Gasteiger partial charge in [-0.2, -0.15) is 0 Å². The van der Waals surface area contributed by atoms with Gasteiger partial charge in [-0.3, -0.25) is 4.79 Å². The van der Waals surface area contributed by atoms with Gasteiger partial charge >= 0.3 is 0 Å². The Morgan fingerprint density at radius 1 is 1.44 bits per heavy atom. The Hall–Kier alpha value is -0.650. The van der Waals surface area contributed by atoms with E-state index >= 15 is 0 Å². The lowest BCUT2D eigenvalue weighted by molar-refractivity contribution is -0.141. The topological polar surface area (TPSA) is 59.6 Å². The average molecular weight is 230 g/mol. The van der Waals surface area contributed by atoms with E-state index in [1.54, 1.807) is 14.2 Å². The van der Waals surface area contributed by atoms with E-state index in [1.807, 2.05) is 13.8 Å². The fourth-order valence-electron chi connectivity index (χ4n) is 1.96. The van der Waals surface area contributed by atoms with Gasteiger partial charge in [-0.05, 0) is 26.8 Å². The minimum atomic E-state index is -0.401. The number of ether oxygens (including phenoxy) is 2. The highest BCUT2D eigenvalue weighted by Gasteiger charge is 2.37. The third kappa shape index (κ3) is 2.93. The third-order valence-corrected chi connectivity index (χ3v) is 3.15. The summed E-state index contributed by atoms with van der Waals surface area (Å²) in [4.78, 5) is 12.1. The summed E-state index contributed by atoms with van der Waals surface area (Å²) >= 11 is 0. The molecule has 0 saturated carbocycles. The molecule has 1 aliphatic heterocycles. The zero-order valence-corrected chi connectivity index (χ0v) is 10.5. The monoisotopic (exact) mass is 230 g/mol. The minimum Gasteiger partial charge on any atom is -0.354 e. The molecule has 5 nitrogen and oxygen atoms in total. The van der Waals surface area contributed by atoms with Gasteiger partial charge in [0.05, 0.1) is 11.5 Å². The molecule has 1 rings (SSSR count). The molecular formula is C11H22N2O3. The van der Waals surface area contributed by atoms with Gasteiger partial charge in [0, 0.05) is 20.8 Å². The molecule has 0 radical (unpaired) electrons.